The van der Waals surface area contributed by atoms with Gasteiger partial charge in [-0.1, -0.05) is 15.9 Å². The van der Waals surface area contributed by atoms with Crippen molar-refractivity contribution in [3.8, 4) is 6.07 Å². The zero-order chi connectivity index (χ0) is 12.6. The standard InChI is InChI=1S/C14H16BrN3/c15-11-1-3-12(4-2-11)17-14(9-16)7-8-18(10-14)13-5-6-13/h1-4,13,17H,5-8,10H2. The Bertz CT molecular complexity index is 475. The van der Waals surface area contributed by atoms with Gasteiger partial charge in [-0.2, -0.15) is 5.26 Å². The highest BCUT2D eigenvalue weighted by molar-refractivity contribution is 9.10. The molecule has 0 radical (unpaired) electrons. The van der Waals surface area contributed by atoms with Crippen LogP contribution in [0.25, 0.3) is 0 Å². The van der Waals surface area contributed by atoms with Gasteiger partial charge in [0.15, 0.2) is 0 Å². The molecule has 1 saturated carbocycles. The van der Waals surface area contributed by atoms with Crippen LogP contribution in [0.15, 0.2) is 28.7 Å². The van der Waals surface area contributed by atoms with Gasteiger partial charge >= 0.3 is 0 Å². The summed E-state index contributed by atoms with van der Waals surface area (Å²) in [5.41, 5.74) is 0.619. The summed E-state index contributed by atoms with van der Waals surface area (Å²) in [6.07, 6.45) is 3.52. The zero-order valence-corrected chi connectivity index (χ0v) is 11.8. The van der Waals surface area contributed by atoms with Crippen LogP contribution in [0.4, 0.5) is 5.69 Å². The minimum Gasteiger partial charge on any atom is -0.366 e. The predicted molar refractivity (Wildman–Crippen MR) is 75.3 cm³/mol. The zero-order valence-electron chi connectivity index (χ0n) is 10.2. The molecule has 18 heavy (non-hydrogen) atoms. The van der Waals surface area contributed by atoms with E-state index >= 15 is 0 Å². The highest BCUT2D eigenvalue weighted by Gasteiger charge is 2.43. The third kappa shape index (κ3) is 2.38. The van der Waals surface area contributed by atoms with Crippen LogP contribution in [-0.2, 0) is 0 Å². The van der Waals surface area contributed by atoms with Crippen molar-refractivity contribution in [2.45, 2.75) is 30.8 Å². The summed E-state index contributed by atoms with van der Waals surface area (Å²) < 4.78 is 1.06. The predicted octanol–water partition coefficient (Wildman–Crippen LogP) is 2.99. The number of nitrogens with zero attached hydrogens (tertiary/aromatic N) is 2. The van der Waals surface area contributed by atoms with Gasteiger partial charge in [0.1, 0.15) is 5.54 Å². The van der Waals surface area contributed by atoms with E-state index in [-0.39, 0.29) is 0 Å². The largest absolute Gasteiger partial charge is 0.366 e. The molecule has 1 heterocycles. The molecule has 2 aliphatic rings. The van der Waals surface area contributed by atoms with Crippen molar-refractivity contribution < 1.29 is 0 Å². The number of hydrogen-bond donors (Lipinski definition) is 1. The number of hydrogen-bond acceptors (Lipinski definition) is 3. The Morgan fingerprint density at radius 3 is 2.67 bits per heavy atom. The minimum absolute atomic E-state index is 0.406. The Hall–Kier alpha value is -1.05. The average molecular weight is 306 g/mol. The molecule has 2 fully saturated rings. The first-order valence-electron chi connectivity index (χ1n) is 6.40. The number of halogens is 1. The molecule has 0 spiro atoms. The first kappa shape index (κ1) is 12.0. The monoisotopic (exact) mass is 305 g/mol. The lowest BCUT2D eigenvalue weighted by Crippen LogP contribution is -2.40. The fraction of sp³-hybridized carbons (Fsp3) is 0.500. The van der Waals surface area contributed by atoms with Crippen molar-refractivity contribution in [1.82, 2.24) is 4.90 Å². The van der Waals surface area contributed by atoms with E-state index in [1.807, 2.05) is 24.3 Å². The Labute approximate surface area is 116 Å². The van der Waals surface area contributed by atoms with E-state index in [9.17, 15) is 5.26 Å². The summed E-state index contributed by atoms with van der Waals surface area (Å²) in [7, 11) is 0. The molecule has 1 aliphatic heterocycles. The number of rotatable bonds is 3. The second-order valence-corrected chi connectivity index (χ2v) is 6.19. The Morgan fingerprint density at radius 1 is 1.33 bits per heavy atom. The molecule has 1 saturated heterocycles. The molecule has 4 heteroatoms. The van der Waals surface area contributed by atoms with Gasteiger partial charge in [0.2, 0.25) is 0 Å². The molecule has 0 amide bonds. The van der Waals surface area contributed by atoms with E-state index < -0.39 is 5.54 Å². The van der Waals surface area contributed by atoms with Gasteiger partial charge in [-0.15, -0.1) is 0 Å². The van der Waals surface area contributed by atoms with Crippen LogP contribution < -0.4 is 5.32 Å². The molecule has 1 aromatic rings. The molecule has 1 unspecified atom stereocenters. The summed E-state index contributed by atoms with van der Waals surface area (Å²) in [6, 6.07) is 11.3. The van der Waals surface area contributed by atoms with Crippen LogP contribution in [0.5, 0.6) is 0 Å². The number of nitrogens with one attached hydrogen (secondary N) is 1. The first-order chi connectivity index (χ1) is 8.71. The van der Waals surface area contributed by atoms with Crippen molar-refractivity contribution in [3.63, 3.8) is 0 Å². The molecule has 3 nitrogen and oxygen atoms in total. The SMILES string of the molecule is N#CC1(Nc2ccc(Br)cc2)CCN(C2CC2)C1. The van der Waals surface area contributed by atoms with Crippen LogP contribution in [0.3, 0.4) is 0 Å². The first-order valence-corrected chi connectivity index (χ1v) is 7.19. The summed E-state index contributed by atoms with van der Waals surface area (Å²) in [6.45, 7) is 1.89. The van der Waals surface area contributed by atoms with Crippen LogP contribution in [0.1, 0.15) is 19.3 Å². The van der Waals surface area contributed by atoms with Crippen molar-refractivity contribution >= 4 is 21.6 Å². The summed E-state index contributed by atoms with van der Waals surface area (Å²) >= 11 is 3.42. The average Bonchev–Trinajstić information content (AvgIpc) is 3.15. The topological polar surface area (TPSA) is 39.1 Å². The molecule has 0 bridgehead atoms. The Balaban J connectivity index is 1.72. The lowest BCUT2D eigenvalue weighted by molar-refractivity contribution is 0.319. The van der Waals surface area contributed by atoms with Crippen LogP contribution in [0, 0.1) is 11.3 Å². The second kappa shape index (κ2) is 4.56. The Kier molecular flexibility index (Phi) is 3.04. The van der Waals surface area contributed by atoms with E-state index in [2.05, 4.69) is 32.2 Å². The third-order valence-corrected chi connectivity index (χ3v) is 4.33. The minimum atomic E-state index is -0.406. The van der Waals surface area contributed by atoms with Crippen LogP contribution in [0.2, 0.25) is 0 Å². The maximum absolute atomic E-state index is 9.50. The normalized spacial score (nSPS) is 28.0. The molecular weight excluding hydrogens is 290 g/mol. The molecule has 1 N–H and O–H groups in total. The molecule has 1 aliphatic carbocycles. The summed E-state index contributed by atoms with van der Waals surface area (Å²) in [5, 5.41) is 12.9. The van der Waals surface area contributed by atoms with E-state index in [4.69, 9.17) is 0 Å². The quantitative estimate of drug-likeness (QED) is 0.933. The number of likely N-dealkylation sites (tertiary alicyclic amines) is 1. The van der Waals surface area contributed by atoms with E-state index in [0.29, 0.717) is 0 Å². The number of anilines is 1. The molecule has 94 valence electrons. The van der Waals surface area contributed by atoms with Crippen molar-refractivity contribution in [2.75, 3.05) is 18.4 Å². The van der Waals surface area contributed by atoms with Crippen molar-refractivity contribution in [1.29, 1.82) is 5.26 Å². The third-order valence-electron chi connectivity index (χ3n) is 3.80. The summed E-state index contributed by atoms with van der Waals surface area (Å²) in [5.74, 6) is 0. The van der Waals surface area contributed by atoms with Gasteiger partial charge in [0, 0.05) is 29.3 Å². The van der Waals surface area contributed by atoms with Gasteiger partial charge in [-0.05, 0) is 43.5 Å². The smallest absolute Gasteiger partial charge is 0.139 e. The highest BCUT2D eigenvalue weighted by atomic mass is 79.9. The van der Waals surface area contributed by atoms with Crippen molar-refractivity contribution in [3.05, 3.63) is 28.7 Å². The summed E-state index contributed by atoms with van der Waals surface area (Å²) in [4.78, 5) is 2.45. The number of benzene rings is 1. The maximum Gasteiger partial charge on any atom is 0.139 e. The van der Waals surface area contributed by atoms with Crippen molar-refractivity contribution in [2.24, 2.45) is 0 Å². The lowest BCUT2D eigenvalue weighted by Gasteiger charge is -2.24. The molecule has 1 atom stereocenters. The van der Waals surface area contributed by atoms with Gasteiger partial charge < -0.3 is 5.32 Å². The van der Waals surface area contributed by atoms with E-state index in [0.717, 1.165) is 35.7 Å². The molecule has 0 aromatic heterocycles. The molecule has 1 aromatic carbocycles. The van der Waals surface area contributed by atoms with Gasteiger partial charge in [-0.3, -0.25) is 4.90 Å². The molecular formula is C14H16BrN3. The fourth-order valence-corrected chi connectivity index (χ4v) is 2.89. The highest BCUT2D eigenvalue weighted by Crippen LogP contribution is 2.34. The van der Waals surface area contributed by atoms with Crippen LogP contribution >= 0.6 is 15.9 Å². The Morgan fingerprint density at radius 2 is 2.06 bits per heavy atom. The van der Waals surface area contributed by atoms with Crippen LogP contribution in [-0.4, -0.2) is 29.6 Å². The van der Waals surface area contributed by atoms with Gasteiger partial charge in [0.05, 0.1) is 6.07 Å². The lowest BCUT2D eigenvalue weighted by atomic mass is 10.0. The van der Waals surface area contributed by atoms with Gasteiger partial charge in [-0.25, -0.2) is 0 Å². The van der Waals surface area contributed by atoms with E-state index in [1.165, 1.54) is 12.8 Å². The second-order valence-electron chi connectivity index (χ2n) is 5.28. The van der Waals surface area contributed by atoms with E-state index in [1.54, 1.807) is 0 Å². The van der Waals surface area contributed by atoms with Gasteiger partial charge in [0.25, 0.3) is 0 Å². The maximum atomic E-state index is 9.50. The number of nitriles is 1. The fourth-order valence-electron chi connectivity index (χ4n) is 2.62. The molecule has 3 rings (SSSR count).